The van der Waals surface area contributed by atoms with Gasteiger partial charge in [-0.25, -0.2) is 14.8 Å². The van der Waals surface area contributed by atoms with Crippen molar-refractivity contribution in [3.05, 3.63) is 65.4 Å². The van der Waals surface area contributed by atoms with E-state index in [1.54, 1.807) is 56.5 Å². The van der Waals surface area contributed by atoms with Crippen LogP contribution >= 0.6 is 11.6 Å². The number of hydrogen-bond donors (Lipinski definition) is 2. The normalized spacial score (nSPS) is 10.2. The van der Waals surface area contributed by atoms with Gasteiger partial charge < -0.3 is 20.1 Å². The van der Waals surface area contributed by atoms with Crippen LogP contribution in [0.15, 0.2) is 54.9 Å². The van der Waals surface area contributed by atoms with E-state index in [9.17, 15) is 4.79 Å². The maximum atomic E-state index is 12.1. The summed E-state index contributed by atoms with van der Waals surface area (Å²) in [4.78, 5) is 20.6. The van der Waals surface area contributed by atoms with E-state index in [1.807, 2.05) is 6.07 Å². The van der Waals surface area contributed by atoms with Crippen LogP contribution in [0.3, 0.4) is 0 Å². The fourth-order valence-electron chi connectivity index (χ4n) is 2.53. The van der Waals surface area contributed by atoms with Crippen LogP contribution in [0.1, 0.15) is 17.3 Å². The van der Waals surface area contributed by atoms with Crippen LogP contribution in [-0.4, -0.2) is 29.7 Å². The van der Waals surface area contributed by atoms with Gasteiger partial charge in [0, 0.05) is 11.1 Å². The first kappa shape index (κ1) is 19.4. The fraction of sp³-hybridized carbons (Fsp3) is 0.150. The van der Waals surface area contributed by atoms with E-state index in [0.717, 1.165) is 0 Å². The van der Waals surface area contributed by atoms with E-state index in [4.69, 9.17) is 21.1 Å². The van der Waals surface area contributed by atoms with Crippen molar-refractivity contribution in [3.63, 3.8) is 0 Å². The zero-order chi connectivity index (χ0) is 19.9. The minimum atomic E-state index is -0.401. The van der Waals surface area contributed by atoms with Gasteiger partial charge in [0.15, 0.2) is 0 Å². The minimum absolute atomic E-state index is 0.302. The molecule has 7 nitrogen and oxygen atoms in total. The number of anilines is 4. The predicted octanol–water partition coefficient (Wildman–Crippen LogP) is 4.80. The van der Waals surface area contributed by atoms with Crippen molar-refractivity contribution in [2.75, 3.05) is 24.4 Å². The molecule has 8 heteroatoms. The van der Waals surface area contributed by atoms with Gasteiger partial charge in [-0.15, -0.1) is 0 Å². The Bertz CT molecular complexity index is 981. The van der Waals surface area contributed by atoms with E-state index in [-0.39, 0.29) is 0 Å². The van der Waals surface area contributed by atoms with Crippen LogP contribution in [0, 0.1) is 0 Å². The first-order valence-corrected chi connectivity index (χ1v) is 8.94. The Morgan fingerprint density at radius 2 is 1.75 bits per heavy atom. The highest BCUT2D eigenvalue weighted by atomic mass is 35.5. The van der Waals surface area contributed by atoms with E-state index < -0.39 is 5.97 Å². The van der Waals surface area contributed by atoms with Crippen molar-refractivity contribution in [1.82, 2.24) is 9.97 Å². The Morgan fingerprint density at radius 3 is 2.46 bits per heavy atom. The molecule has 144 valence electrons. The summed E-state index contributed by atoms with van der Waals surface area (Å²) < 4.78 is 10.4. The molecule has 0 aliphatic carbocycles. The summed E-state index contributed by atoms with van der Waals surface area (Å²) in [6, 6.07) is 14.0. The van der Waals surface area contributed by atoms with Gasteiger partial charge >= 0.3 is 5.97 Å². The molecule has 0 bridgehead atoms. The quantitative estimate of drug-likeness (QED) is 0.552. The van der Waals surface area contributed by atoms with Crippen LogP contribution in [0.5, 0.6) is 5.75 Å². The molecular formula is C20H19ClN4O3. The van der Waals surface area contributed by atoms with E-state index in [0.29, 0.717) is 46.0 Å². The molecular weight excluding hydrogens is 380 g/mol. The number of nitrogens with one attached hydrogen (secondary N) is 2. The zero-order valence-corrected chi connectivity index (χ0v) is 16.2. The summed E-state index contributed by atoms with van der Waals surface area (Å²) in [5.41, 5.74) is 1.69. The fourth-order valence-corrected chi connectivity index (χ4v) is 2.70. The lowest BCUT2D eigenvalue weighted by atomic mass is 10.2. The molecule has 1 aromatic heterocycles. The third kappa shape index (κ3) is 4.69. The first-order chi connectivity index (χ1) is 13.6. The van der Waals surface area contributed by atoms with Crippen molar-refractivity contribution in [2.45, 2.75) is 6.92 Å². The maximum absolute atomic E-state index is 12.1. The summed E-state index contributed by atoms with van der Waals surface area (Å²) in [7, 11) is 1.58. The monoisotopic (exact) mass is 398 g/mol. The second-order valence-electron chi connectivity index (χ2n) is 5.65. The van der Waals surface area contributed by atoms with Crippen LogP contribution in [0.4, 0.5) is 23.0 Å². The van der Waals surface area contributed by atoms with Crippen molar-refractivity contribution in [1.29, 1.82) is 0 Å². The lowest BCUT2D eigenvalue weighted by Crippen LogP contribution is -2.08. The Balaban J connectivity index is 1.84. The van der Waals surface area contributed by atoms with E-state index in [1.165, 1.54) is 6.33 Å². The molecule has 0 aliphatic heterocycles. The molecule has 0 radical (unpaired) electrons. The lowest BCUT2D eigenvalue weighted by molar-refractivity contribution is 0.0527. The third-order valence-corrected chi connectivity index (χ3v) is 4.01. The summed E-state index contributed by atoms with van der Waals surface area (Å²) >= 11 is 6.07. The summed E-state index contributed by atoms with van der Waals surface area (Å²) in [5.74, 6) is 1.27. The number of ether oxygens (including phenoxy) is 2. The van der Waals surface area contributed by atoms with Crippen molar-refractivity contribution in [3.8, 4) is 5.75 Å². The molecule has 0 saturated carbocycles. The van der Waals surface area contributed by atoms with E-state index in [2.05, 4.69) is 20.6 Å². The Kier molecular flexibility index (Phi) is 6.29. The van der Waals surface area contributed by atoms with Crippen molar-refractivity contribution in [2.24, 2.45) is 0 Å². The van der Waals surface area contributed by atoms with Gasteiger partial charge in [0.2, 0.25) is 0 Å². The highest BCUT2D eigenvalue weighted by Gasteiger charge is 2.13. The number of nitrogens with zero attached hydrogens (tertiary/aromatic N) is 2. The summed E-state index contributed by atoms with van der Waals surface area (Å²) in [5, 5.41) is 6.85. The summed E-state index contributed by atoms with van der Waals surface area (Å²) in [6.07, 6.45) is 1.41. The molecule has 3 aromatic rings. The molecule has 2 N–H and O–H groups in total. The lowest BCUT2D eigenvalue weighted by Gasteiger charge is -2.13. The molecule has 0 aliphatic rings. The van der Waals surface area contributed by atoms with Gasteiger partial charge in [-0.2, -0.15) is 0 Å². The Labute approximate surface area is 167 Å². The molecule has 0 spiro atoms. The number of benzene rings is 2. The van der Waals surface area contributed by atoms with Gasteiger partial charge in [-0.3, -0.25) is 0 Å². The molecule has 1 heterocycles. The number of halogens is 1. The molecule has 0 unspecified atom stereocenters. The van der Waals surface area contributed by atoms with Crippen LogP contribution in [0.25, 0.3) is 0 Å². The smallest absolute Gasteiger partial charge is 0.340 e. The molecule has 2 aromatic carbocycles. The van der Waals surface area contributed by atoms with Gasteiger partial charge in [-0.05, 0) is 37.3 Å². The van der Waals surface area contributed by atoms with Crippen molar-refractivity contribution >= 4 is 40.6 Å². The number of carbonyl (C=O) groups is 1. The number of para-hydroxylation sites is 1. The molecule has 3 rings (SSSR count). The highest BCUT2D eigenvalue weighted by Crippen LogP contribution is 2.30. The SMILES string of the molecule is CCOC(=O)c1ccccc1Nc1cc(Nc2cc(Cl)ccc2OC)ncn1. The average molecular weight is 399 g/mol. The molecule has 0 saturated heterocycles. The topological polar surface area (TPSA) is 85.4 Å². The average Bonchev–Trinajstić information content (AvgIpc) is 2.69. The number of carbonyl (C=O) groups excluding carboxylic acids is 1. The third-order valence-electron chi connectivity index (χ3n) is 3.78. The second-order valence-corrected chi connectivity index (χ2v) is 6.09. The number of rotatable bonds is 7. The highest BCUT2D eigenvalue weighted by molar-refractivity contribution is 6.31. The van der Waals surface area contributed by atoms with Crippen LogP contribution in [0.2, 0.25) is 5.02 Å². The van der Waals surface area contributed by atoms with Gasteiger partial charge in [-0.1, -0.05) is 23.7 Å². The molecule has 0 amide bonds. The minimum Gasteiger partial charge on any atom is -0.495 e. The van der Waals surface area contributed by atoms with Gasteiger partial charge in [0.25, 0.3) is 0 Å². The molecule has 0 fully saturated rings. The summed E-state index contributed by atoms with van der Waals surface area (Å²) in [6.45, 7) is 2.07. The standard InChI is InChI=1S/C20H19ClN4O3/c1-3-28-20(26)14-6-4-5-7-15(14)24-18-11-19(23-12-22-18)25-16-10-13(21)8-9-17(16)27-2/h4-12H,3H2,1-2H3,(H2,22,23,24,25). The molecule has 28 heavy (non-hydrogen) atoms. The Morgan fingerprint density at radius 1 is 1.04 bits per heavy atom. The first-order valence-electron chi connectivity index (χ1n) is 8.56. The number of aromatic nitrogens is 2. The largest absolute Gasteiger partial charge is 0.495 e. The van der Waals surface area contributed by atoms with Crippen LogP contribution in [-0.2, 0) is 4.74 Å². The maximum Gasteiger partial charge on any atom is 0.340 e. The molecule has 0 atom stereocenters. The predicted molar refractivity (Wildman–Crippen MR) is 109 cm³/mol. The van der Waals surface area contributed by atoms with Gasteiger partial charge in [0.05, 0.1) is 30.7 Å². The number of methoxy groups -OCH3 is 1. The zero-order valence-electron chi connectivity index (χ0n) is 15.4. The number of esters is 1. The second kappa shape index (κ2) is 9.05. The van der Waals surface area contributed by atoms with Crippen molar-refractivity contribution < 1.29 is 14.3 Å². The number of hydrogen-bond acceptors (Lipinski definition) is 7. The Hall–Kier alpha value is -3.32. The van der Waals surface area contributed by atoms with Gasteiger partial charge in [0.1, 0.15) is 23.7 Å². The van der Waals surface area contributed by atoms with E-state index >= 15 is 0 Å². The van der Waals surface area contributed by atoms with Crippen LogP contribution < -0.4 is 15.4 Å².